The van der Waals surface area contributed by atoms with E-state index in [1.165, 1.54) is 0 Å². The molecule has 0 atom stereocenters. The SMILES string of the molecule is Cc1cc2c(cc1NC(=O)CN1CCC(C(N)=O)CC1)OCO2. The number of hydrogen-bond acceptors (Lipinski definition) is 5. The van der Waals surface area contributed by atoms with E-state index < -0.39 is 0 Å². The van der Waals surface area contributed by atoms with Crippen LogP contribution in [0.1, 0.15) is 18.4 Å². The molecule has 1 saturated heterocycles. The van der Waals surface area contributed by atoms with E-state index in [-0.39, 0.29) is 24.5 Å². The van der Waals surface area contributed by atoms with Crippen LogP contribution < -0.4 is 20.5 Å². The summed E-state index contributed by atoms with van der Waals surface area (Å²) < 4.78 is 10.6. The molecule has 23 heavy (non-hydrogen) atoms. The van der Waals surface area contributed by atoms with Crippen molar-refractivity contribution in [1.29, 1.82) is 0 Å². The number of anilines is 1. The molecule has 0 aliphatic carbocycles. The van der Waals surface area contributed by atoms with Crippen LogP contribution in [0.5, 0.6) is 11.5 Å². The van der Waals surface area contributed by atoms with E-state index >= 15 is 0 Å². The molecule has 0 saturated carbocycles. The van der Waals surface area contributed by atoms with Gasteiger partial charge in [0.05, 0.1) is 6.54 Å². The summed E-state index contributed by atoms with van der Waals surface area (Å²) in [5.74, 6) is 0.960. The van der Waals surface area contributed by atoms with Crippen LogP contribution in [0.15, 0.2) is 12.1 Å². The number of piperidine rings is 1. The van der Waals surface area contributed by atoms with Crippen molar-refractivity contribution in [2.75, 3.05) is 31.7 Å². The summed E-state index contributed by atoms with van der Waals surface area (Å²) in [6.07, 6.45) is 1.43. The molecule has 2 aliphatic heterocycles. The van der Waals surface area contributed by atoms with Gasteiger partial charge in [-0.25, -0.2) is 0 Å². The van der Waals surface area contributed by atoms with E-state index in [0.717, 1.165) is 11.3 Å². The molecular formula is C16H21N3O4. The second-order valence-corrected chi connectivity index (χ2v) is 6.02. The van der Waals surface area contributed by atoms with E-state index in [9.17, 15) is 9.59 Å². The number of rotatable bonds is 4. The van der Waals surface area contributed by atoms with Crippen LogP contribution in [0.25, 0.3) is 0 Å². The molecule has 3 N–H and O–H groups in total. The third kappa shape index (κ3) is 3.56. The second kappa shape index (κ2) is 6.45. The van der Waals surface area contributed by atoms with Crippen molar-refractivity contribution in [2.45, 2.75) is 19.8 Å². The number of ether oxygens (including phenoxy) is 2. The van der Waals surface area contributed by atoms with Gasteiger partial charge < -0.3 is 20.5 Å². The molecule has 1 aromatic rings. The predicted molar refractivity (Wildman–Crippen MR) is 84.3 cm³/mol. The number of amides is 2. The quantitative estimate of drug-likeness (QED) is 0.858. The average Bonchev–Trinajstić information content (AvgIpc) is 2.95. The number of hydrogen-bond donors (Lipinski definition) is 2. The molecule has 7 heteroatoms. The van der Waals surface area contributed by atoms with Crippen LogP contribution in [0.4, 0.5) is 5.69 Å². The number of nitrogens with two attached hydrogens (primary N) is 1. The molecule has 2 amide bonds. The van der Waals surface area contributed by atoms with Gasteiger partial charge in [-0.1, -0.05) is 0 Å². The Morgan fingerprint density at radius 2 is 1.91 bits per heavy atom. The highest BCUT2D eigenvalue weighted by Gasteiger charge is 2.24. The van der Waals surface area contributed by atoms with Crippen LogP contribution in [-0.2, 0) is 9.59 Å². The van der Waals surface area contributed by atoms with Crippen LogP contribution in [-0.4, -0.2) is 43.1 Å². The number of carbonyl (C=O) groups is 2. The molecule has 2 aliphatic rings. The van der Waals surface area contributed by atoms with E-state index in [1.807, 2.05) is 17.9 Å². The third-order valence-electron chi connectivity index (χ3n) is 4.35. The second-order valence-electron chi connectivity index (χ2n) is 6.02. The van der Waals surface area contributed by atoms with Gasteiger partial charge in [-0.3, -0.25) is 14.5 Å². The lowest BCUT2D eigenvalue weighted by Crippen LogP contribution is -2.42. The van der Waals surface area contributed by atoms with Crippen molar-refractivity contribution in [3.63, 3.8) is 0 Å². The van der Waals surface area contributed by atoms with Crippen molar-refractivity contribution >= 4 is 17.5 Å². The van der Waals surface area contributed by atoms with Gasteiger partial charge in [0.1, 0.15) is 0 Å². The van der Waals surface area contributed by atoms with Crippen molar-refractivity contribution < 1.29 is 19.1 Å². The molecule has 7 nitrogen and oxygen atoms in total. The maximum atomic E-state index is 12.2. The van der Waals surface area contributed by atoms with Gasteiger partial charge in [-0.05, 0) is 44.5 Å². The summed E-state index contributed by atoms with van der Waals surface area (Å²) in [6, 6.07) is 3.64. The van der Waals surface area contributed by atoms with Crippen LogP contribution >= 0.6 is 0 Å². The Labute approximate surface area is 134 Å². The largest absolute Gasteiger partial charge is 0.454 e. The van der Waals surface area contributed by atoms with Gasteiger partial charge in [0, 0.05) is 17.7 Å². The summed E-state index contributed by atoms with van der Waals surface area (Å²) in [5, 5.41) is 2.91. The van der Waals surface area contributed by atoms with E-state index in [2.05, 4.69) is 5.32 Å². The molecule has 0 spiro atoms. The summed E-state index contributed by atoms with van der Waals surface area (Å²) in [7, 11) is 0. The van der Waals surface area contributed by atoms with Gasteiger partial charge in [-0.15, -0.1) is 0 Å². The predicted octanol–water partition coefficient (Wildman–Crippen LogP) is 0.860. The molecule has 1 fully saturated rings. The van der Waals surface area contributed by atoms with E-state index in [1.54, 1.807) is 6.07 Å². The van der Waals surface area contributed by atoms with Crippen LogP contribution in [0.2, 0.25) is 0 Å². The first-order chi connectivity index (χ1) is 11.0. The Morgan fingerprint density at radius 3 is 2.57 bits per heavy atom. The monoisotopic (exact) mass is 319 g/mol. The maximum Gasteiger partial charge on any atom is 0.238 e. The number of benzene rings is 1. The van der Waals surface area contributed by atoms with Crippen molar-refractivity contribution in [1.82, 2.24) is 4.90 Å². The molecule has 3 rings (SSSR count). The number of fused-ring (bicyclic) bond motifs is 1. The minimum absolute atomic E-state index is 0.0644. The number of primary amides is 1. The topological polar surface area (TPSA) is 93.9 Å². The Kier molecular flexibility index (Phi) is 4.38. The Balaban J connectivity index is 1.55. The van der Waals surface area contributed by atoms with Crippen LogP contribution in [0, 0.1) is 12.8 Å². The van der Waals surface area contributed by atoms with Crippen molar-refractivity contribution in [3.8, 4) is 11.5 Å². The zero-order valence-corrected chi connectivity index (χ0v) is 13.1. The van der Waals surface area contributed by atoms with Gasteiger partial charge >= 0.3 is 0 Å². The lowest BCUT2D eigenvalue weighted by molar-refractivity contribution is -0.123. The number of likely N-dealkylation sites (tertiary alicyclic amines) is 1. The summed E-state index contributed by atoms with van der Waals surface area (Å²) in [6.45, 7) is 3.85. The van der Waals surface area contributed by atoms with Gasteiger partial charge in [0.25, 0.3) is 0 Å². The van der Waals surface area contributed by atoms with E-state index in [4.69, 9.17) is 15.2 Å². The average molecular weight is 319 g/mol. The Morgan fingerprint density at radius 1 is 1.26 bits per heavy atom. The molecule has 2 heterocycles. The number of aryl methyl sites for hydroxylation is 1. The lowest BCUT2D eigenvalue weighted by atomic mass is 9.96. The number of nitrogens with one attached hydrogen (secondary N) is 1. The molecule has 0 unspecified atom stereocenters. The minimum Gasteiger partial charge on any atom is -0.454 e. The summed E-state index contributed by atoms with van der Waals surface area (Å²) >= 11 is 0. The summed E-state index contributed by atoms with van der Waals surface area (Å²) in [5.41, 5.74) is 6.97. The molecule has 124 valence electrons. The van der Waals surface area contributed by atoms with Crippen molar-refractivity contribution in [2.24, 2.45) is 11.7 Å². The molecule has 0 bridgehead atoms. The zero-order valence-electron chi connectivity index (χ0n) is 13.1. The first kappa shape index (κ1) is 15.6. The number of carbonyl (C=O) groups excluding carboxylic acids is 2. The highest BCUT2D eigenvalue weighted by molar-refractivity contribution is 5.93. The summed E-state index contributed by atoms with van der Waals surface area (Å²) in [4.78, 5) is 25.4. The highest BCUT2D eigenvalue weighted by atomic mass is 16.7. The zero-order chi connectivity index (χ0) is 16.4. The molecular weight excluding hydrogens is 298 g/mol. The highest BCUT2D eigenvalue weighted by Crippen LogP contribution is 2.36. The number of nitrogens with zero attached hydrogens (tertiary/aromatic N) is 1. The fraction of sp³-hybridized carbons (Fsp3) is 0.500. The van der Waals surface area contributed by atoms with Crippen LogP contribution in [0.3, 0.4) is 0 Å². The fourth-order valence-corrected chi connectivity index (χ4v) is 2.95. The first-order valence-corrected chi connectivity index (χ1v) is 7.74. The van der Waals surface area contributed by atoms with E-state index in [0.29, 0.717) is 44.0 Å². The first-order valence-electron chi connectivity index (χ1n) is 7.74. The van der Waals surface area contributed by atoms with Gasteiger partial charge in [-0.2, -0.15) is 0 Å². The van der Waals surface area contributed by atoms with Gasteiger partial charge in [0.2, 0.25) is 18.6 Å². The molecule has 0 aromatic heterocycles. The lowest BCUT2D eigenvalue weighted by Gasteiger charge is -2.29. The van der Waals surface area contributed by atoms with Crippen molar-refractivity contribution in [3.05, 3.63) is 17.7 Å². The Bertz CT molecular complexity index is 624. The normalized spacial score (nSPS) is 18.0. The molecule has 1 aromatic carbocycles. The van der Waals surface area contributed by atoms with Gasteiger partial charge in [0.15, 0.2) is 11.5 Å². The fourth-order valence-electron chi connectivity index (χ4n) is 2.95. The standard InChI is InChI=1S/C16H21N3O4/c1-10-6-13-14(23-9-22-13)7-12(10)18-15(20)8-19-4-2-11(3-5-19)16(17)21/h6-7,11H,2-5,8-9H2,1H3,(H2,17,21)(H,18,20). The molecule has 0 radical (unpaired) electrons. The third-order valence-corrected chi connectivity index (χ3v) is 4.35. The maximum absolute atomic E-state index is 12.2. The smallest absolute Gasteiger partial charge is 0.238 e. The Hall–Kier alpha value is -2.28. The minimum atomic E-state index is -0.245.